The molecule has 3 N–H and O–H groups in total. The van der Waals surface area contributed by atoms with Crippen LogP contribution in [0.15, 0.2) is 42.6 Å². The van der Waals surface area contributed by atoms with Crippen molar-refractivity contribution in [3.05, 3.63) is 65.1 Å². The number of aliphatic hydroxyl groups excluding tert-OH is 3. The highest BCUT2D eigenvalue weighted by atomic mass is 35.5. The standard InChI is InChI=1S/C28H30ClF3N4O6/c1-41-26-24(35-12-19(33-34-35)14-9-17(30)23(32)18(31)10-14)25(39)22(13-37)42-27(26)28(40)36(16-6-4-5-15(29)11-16)20-7-2-3-8-21(20)38/h4-6,9-12,20-22,24-27,37-39H,2-3,7-8,13H2,1H3/t20-,21-,22?,24?,25?,26?,27?/m0/s1. The van der Waals surface area contributed by atoms with Gasteiger partial charge in [0.15, 0.2) is 23.6 Å². The highest BCUT2D eigenvalue weighted by molar-refractivity contribution is 6.31. The molecular weight excluding hydrogens is 581 g/mol. The Bertz CT molecular complexity index is 1410. The van der Waals surface area contributed by atoms with Gasteiger partial charge in [0.25, 0.3) is 5.91 Å². The Balaban J connectivity index is 1.53. The summed E-state index contributed by atoms with van der Waals surface area (Å²) in [5, 5.41) is 40.4. The molecule has 14 heteroatoms. The Morgan fingerprint density at radius 3 is 2.52 bits per heavy atom. The minimum absolute atomic E-state index is 0.0457. The highest BCUT2D eigenvalue weighted by Gasteiger charge is 2.52. The molecule has 1 aliphatic carbocycles. The number of hydrogen-bond acceptors (Lipinski definition) is 8. The number of aliphatic hydroxyl groups is 3. The molecule has 2 aliphatic rings. The van der Waals surface area contributed by atoms with E-state index in [1.54, 1.807) is 24.3 Å². The average molecular weight is 611 g/mol. The van der Waals surface area contributed by atoms with E-state index in [0.717, 1.165) is 29.7 Å². The van der Waals surface area contributed by atoms with Gasteiger partial charge in [-0.3, -0.25) is 4.79 Å². The van der Waals surface area contributed by atoms with E-state index in [4.69, 9.17) is 21.1 Å². The van der Waals surface area contributed by atoms with Crippen molar-refractivity contribution in [3.8, 4) is 11.3 Å². The summed E-state index contributed by atoms with van der Waals surface area (Å²) < 4.78 is 54.0. The van der Waals surface area contributed by atoms with Gasteiger partial charge >= 0.3 is 0 Å². The molecule has 1 saturated heterocycles. The number of nitrogens with zero attached hydrogens (tertiary/aromatic N) is 4. The van der Waals surface area contributed by atoms with E-state index < -0.39 is 72.6 Å². The fraction of sp³-hybridized carbons (Fsp3) is 0.464. The molecule has 0 radical (unpaired) electrons. The Morgan fingerprint density at radius 1 is 1.17 bits per heavy atom. The van der Waals surface area contributed by atoms with Gasteiger partial charge in [-0.25, -0.2) is 17.9 Å². The van der Waals surface area contributed by atoms with Gasteiger partial charge in [0.2, 0.25) is 0 Å². The third-order valence-corrected chi connectivity index (χ3v) is 8.06. The van der Waals surface area contributed by atoms with E-state index in [-0.39, 0.29) is 11.3 Å². The van der Waals surface area contributed by atoms with Crippen molar-refractivity contribution in [1.82, 2.24) is 15.0 Å². The second-order valence-corrected chi connectivity index (χ2v) is 10.8. The van der Waals surface area contributed by atoms with Gasteiger partial charge in [0, 0.05) is 23.4 Å². The molecule has 0 spiro atoms. The van der Waals surface area contributed by atoms with E-state index in [1.807, 2.05) is 0 Å². The lowest BCUT2D eigenvalue weighted by atomic mass is 9.88. The maximum Gasteiger partial charge on any atom is 0.259 e. The molecule has 1 aliphatic heterocycles. The first-order valence-electron chi connectivity index (χ1n) is 13.4. The molecular formula is C28H30ClF3N4O6. The summed E-state index contributed by atoms with van der Waals surface area (Å²) >= 11 is 6.25. The third-order valence-electron chi connectivity index (χ3n) is 7.83. The van der Waals surface area contributed by atoms with Gasteiger partial charge in [-0.05, 0) is 43.2 Å². The van der Waals surface area contributed by atoms with E-state index in [1.165, 1.54) is 18.2 Å². The first kappa shape index (κ1) is 30.4. The molecule has 5 unspecified atom stereocenters. The smallest absolute Gasteiger partial charge is 0.259 e. The number of benzene rings is 2. The van der Waals surface area contributed by atoms with Gasteiger partial charge in [0.1, 0.15) is 30.0 Å². The number of rotatable bonds is 7. The van der Waals surface area contributed by atoms with E-state index >= 15 is 0 Å². The Labute approximate surface area is 244 Å². The van der Waals surface area contributed by atoms with Crippen molar-refractivity contribution < 1.29 is 42.8 Å². The molecule has 2 fully saturated rings. The van der Waals surface area contributed by atoms with Crippen LogP contribution >= 0.6 is 11.6 Å². The van der Waals surface area contributed by atoms with E-state index in [0.29, 0.717) is 23.6 Å². The van der Waals surface area contributed by atoms with Crippen molar-refractivity contribution in [2.75, 3.05) is 18.6 Å². The van der Waals surface area contributed by atoms with Gasteiger partial charge in [-0.1, -0.05) is 35.7 Å². The quantitative estimate of drug-likeness (QED) is 0.348. The summed E-state index contributed by atoms with van der Waals surface area (Å²) in [6.45, 7) is -0.670. The van der Waals surface area contributed by atoms with Gasteiger partial charge in [-0.2, -0.15) is 0 Å². The number of anilines is 1. The van der Waals surface area contributed by atoms with Crippen LogP contribution in [0, 0.1) is 17.5 Å². The molecule has 2 aromatic carbocycles. The zero-order valence-electron chi connectivity index (χ0n) is 22.5. The number of hydrogen-bond donors (Lipinski definition) is 3. The van der Waals surface area contributed by atoms with E-state index in [2.05, 4.69) is 10.3 Å². The molecule has 10 nitrogen and oxygen atoms in total. The number of carbonyl (C=O) groups excluding carboxylic acids is 1. The Hall–Kier alpha value is -3.07. The molecule has 42 heavy (non-hydrogen) atoms. The summed E-state index contributed by atoms with van der Waals surface area (Å²) in [4.78, 5) is 15.8. The fourth-order valence-corrected chi connectivity index (χ4v) is 5.94. The summed E-state index contributed by atoms with van der Waals surface area (Å²) in [6, 6.07) is 6.32. The van der Waals surface area contributed by atoms with Crippen LogP contribution in [-0.4, -0.2) is 86.5 Å². The maximum atomic E-state index is 14.3. The van der Waals surface area contributed by atoms with Crippen LogP contribution in [0.5, 0.6) is 0 Å². The maximum absolute atomic E-state index is 14.3. The molecule has 226 valence electrons. The van der Waals surface area contributed by atoms with Crippen LogP contribution in [0.1, 0.15) is 31.7 Å². The molecule has 0 bridgehead atoms. The van der Waals surface area contributed by atoms with Crippen molar-refractivity contribution in [3.63, 3.8) is 0 Å². The predicted octanol–water partition coefficient (Wildman–Crippen LogP) is 3.03. The molecule has 5 rings (SSSR count). The lowest BCUT2D eigenvalue weighted by molar-refractivity contribution is -0.211. The zero-order chi connectivity index (χ0) is 30.1. The van der Waals surface area contributed by atoms with Gasteiger partial charge in [0.05, 0.1) is 24.9 Å². The van der Waals surface area contributed by atoms with Crippen LogP contribution in [0.25, 0.3) is 11.3 Å². The van der Waals surface area contributed by atoms with Crippen LogP contribution in [0.4, 0.5) is 18.9 Å². The lowest BCUT2D eigenvalue weighted by Crippen LogP contribution is -2.63. The van der Waals surface area contributed by atoms with Crippen LogP contribution in [0.2, 0.25) is 5.02 Å². The molecule has 7 atom stereocenters. The second kappa shape index (κ2) is 12.7. The summed E-state index contributed by atoms with van der Waals surface area (Å²) in [7, 11) is 1.30. The van der Waals surface area contributed by atoms with Crippen molar-refractivity contribution in [2.24, 2.45) is 0 Å². The molecule has 3 aromatic rings. The topological polar surface area (TPSA) is 130 Å². The number of amides is 1. The second-order valence-electron chi connectivity index (χ2n) is 10.4. The minimum atomic E-state index is -1.63. The lowest BCUT2D eigenvalue weighted by Gasteiger charge is -2.46. The molecule has 1 amide bonds. The fourth-order valence-electron chi connectivity index (χ4n) is 5.76. The molecule has 2 heterocycles. The first-order valence-corrected chi connectivity index (χ1v) is 13.8. The minimum Gasteiger partial charge on any atom is -0.394 e. The number of ether oxygens (including phenoxy) is 2. The largest absolute Gasteiger partial charge is 0.394 e. The molecule has 1 aromatic heterocycles. The number of halogens is 4. The summed E-state index contributed by atoms with van der Waals surface area (Å²) in [6.07, 6.45) is -2.32. The van der Waals surface area contributed by atoms with Gasteiger partial charge in [-0.15, -0.1) is 5.10 Å². The molecule has 1 saturated carbocycles. The van der Waals surface area contributed by atoms with Crippen LogP contribution < -0.4 is 4.90 Å². The van der Waals surface area contributed by atoms with E-state index in [9.17, 15) is 33.3 Å². The average Bonchev–Trinajstić information content (AvgIpc) is 3.46. The van der Waals surface area contributed by atoms with Gasteiger partial charge < -0.3 is 29.7 Å². The summed E-state index contributed by atoms with van der Waals surface area (Å²) in [5.41, 5.74) is 0.261. The number of methoxy groups -OCH3 is 1. The summed E-state index contributed by atoms with van der Waals surface area (Å²) in [5.74, 6) is -5.08. The van der Waals surface area contributed by atoms with Crippen molar-refractivity contribution in [1.29, 1.82) is 0 Å². The van der Waals surface area contributed by atoms with Crippen LogP contribution in [0.3, 0.4) is 0 Å². The number of aromatic nitrogens is 3. The Morgan fingerprint density at radius 2 is 1.88 bits per heavy atom. The number of carbonyl (C=O) groups is 1. The monoisotopic (exact) mass is 610 g/mol. The predicted molar refractivity (Wildman–Crippen MR) is 144 cm³/mol. The first-order chi connectivity index (χ1) is 20.1. The highest BCUT2D eigenvalue weighted by Crippen LogP contribution is 2.37. The van der Waals surface area contributed by atoms with Crippen molar-refractivity contribution in [2.45, 2.75) is 68.3 Å². The van der Waals surface area contributed by atoms with Crippen molar-refractivity contribution >= 4 is 23.2 Å². The normalized spacial score (nSPS) is 28.0. The zero-order valence-corrected chi connectivity index (χ0v) is 23.2. The Kier molecular flexibility index (Phi) is 9.16. The SMILES string of the molecule is COC1C(C(=O)N(c2cccc(Cl)c2)[C@H]2CCCC[C@@H]2O)OC(CO)C(O)C1n1cc(-c2cc(F)c(F)c(F)c2)nn1. The van der Waals surface area contributed by atoms with Crippen LogP contribution in [-0.2, 0) is 14.3 Å². The third kappa shape index (κ3) is 5.77.